The summed E-state index contributed by atoms with van der Waals surface area (Å²) in [6.45, 7) is 4.37. The molecule has 1 aliphatic carbocycles. The van der Waals surface area contributed by atoms with Crippen LogP contribution < -0.4 is 0 Å². The number of hydrogen-bond donors (Lipinski definition) is 0. The monoisotopic (exact) mass is 248 g/mol. The molecule has 0 fully saturated rings. The maximum absolute atomic E-state index is 2.33. The van der Waals surface area contributed by atoms with Crippen molar-refractivity contribution in [3.05, 3.63) is 53.0 Å². The third-order valence-corrected chi connectivity index (χ3v) is 4.98. The molecule has 1 aromatic rings. The summed E-state index contributed by atoms with van der Waals surface area (Å²) in [6.07, 6.45) is 8.03. The standard InChI is InChI=1S/C14H16S2/c1-11-3-7-13(8-4-11)15-16-14-9-5-12(2)6-10-14/h3-5,7-10,12H,6H2,1-2H3. The third-order valence-electron chi connectivity index (χ3n) is 2.53. The van der Waals surface area contributed by atoms with Gasteiger partial charge in [-0.3, -0.25) is 0 Å². The van der Waals surface area contributed by atoms with Crippen LogP contribution in [0.2, 0.25) is 0 Å². The zero-order chi connectivity index (χ0) is 11.4. The van der Waals surface area contributed by atoms with Crippen LogP contribution in [-0.4, -0.2) is 0 Å². The van der Waals surface area contributed by atoms with Gasteiger partial charge >= 0.3 is 0 Å². The van der Waals surface area contributed by atoms with E-state index in [0.717, 1.165) is 0 Å². The van der Waals surface area contributed by atoms with Gasteiger partial charge in [-0.05, 0) is 31.4 Å². The lowest BCUT2D eigenvalue weighted by molar-refractivity contribution is 0.735. The molecule has 0 heterocycles. The molecule has 1 atom stereocenters. The SMILES string of the molecule is Cc1ccc(SSC2=CCC(C)C=C2)cc1. The predicted molar refractivity (Wildman–Crippen MR) is 75.6 cm³/mol. The highest BCUT2D eigenvalue weighted by atomic mass is 33.1. The van der Waals surface area contributed by atoms with Gasteiger partial charge in [0.25, 0.3) is 0 Å². The third kappa shape index (κ3) is 3.46. The summed E-state index contributed by atoms with van der Waals surface area (Å²) < 4.78 is 0. The van der Waals surface area contributed by atoms with Crippen molar-refractivity contribution in [1.29, 1.82) is 0 Å². The van der Waals surface area contributed by atoms with Gasteiger partial charge in [0.2, 0.25) is 0 Å². The topological polar surface area (TPSA) is 0 Å². The smallest absolute Gasteiger partial charge is 0.0186 e. The van der Waals surface area contributed by atoms with Crippen molar-refractivity contribution in [2.45, 2.75) is 25.2 Å². The van der Waals surface area contributed by atoms with E-state index in [1.54, 1.807) is 0 Å². The molecule has 0 spiro atoms. The van der Waals surface area contributed by atoms with E-state index in [2.05, 4.69) is 56.3 Å². The lowest BCUT2D eigenvalue weighted by Gasteiger charge is -2.10. The maximum atomic E-state index is 2.33. The number of benzene rings is 1. The molecule has 0 amide bonds. The minimum absolute atomic E-state index is 0.703. The van der Waals surface area contributed by atoms with Crippen LogP contribution in [0.3, 0.4) is 0 Å². The van der Waals surface area contributed by atoms with Crippen molar-refractivity contribution >= 4 is 21.6 Å². The van der Waals surface area contributed by atoms with Gasteiger partial charge in [0.1, 0.15) is 0 Å². The van der Waals surface area contributed by atoms with Gasteiger partial charge in [0, 0.05) is 9.80 Å². The Balaban J connectivity index is 1.88. The van der Waals surface area contributed by atoms with Crippen molar-refractivity contribution in [3.8, 4) is 0 Å². The minimum atomic E-state index is 0.703. The number of aryl methyl sites for hydroxylation is 1. The fourth-order valence-electron chi connectivity index (χ4n) is 1.46. The Labute approximate surface area is 106 Å². The molecular weight excluding hydrogens is 232 g/mol. The van der Waals surface area contributed by atoms with Gasteiger partial charge in [-0.1, -0.05) is 64.4 Å². The molecule has 0 saturated heterocycles. The Morgan fingerprint density at radius 1 is 1.12 bits per heavy atom. The van der Waals surface area contributed by atoms with Gasteiger partial charge in [0.15, 0.2) is 0 Å². The fourth-order valence-corrected chi connectivity index (χ4v) is 3.48. The molecular formula is C14H16S2. The van der Waals surface area contributed by atoms with Crippen molar-refractivity contribution in [2.24, 2.45) is 5.92 Å². The molecule has 2 heteroatoms. The van der Waals surface area contributed by atoms with Crippen LogP contribution in [0, 0.1) is 12.8 Å². The van der Waals surface area contributed by atoms with Crippen LogP contribution in [-0.2, 0) is 0 Å². The Bertz CT molecular complexity index is 401. The molecule has 84 valence electrons. The maximum Gasteiger partial charge on any atom is 0.0186 e. The van der Waals surface area contributed by atoms with Crippen LogP contribution in [0.5, 0.6) is 0 Å². The number of rotatable bonds is 3. The number of hydrogen-bond acceptors (Lipinski definition) is 2. The zero-order valence-electron chi connectivity index (χ0n) is 9.64. The van der Waals surface area contributed by atoms with E-state index < -0.39 is 0 Å². The molecule has 1 unspecified atom stereocenters. The average molecular weight is 248 g/mol. The molecule has 0 radical (unpaired) electrons. The summed E-state index contributed by atoms with van der Waals surface area (Å²) in [4.78, 5) is 2.70. The Kier molecular flexibility index (Phi) is 4.19. The lowest BCUT2D eigenvalue weighted by atomic mass is 10.0. The molecule has 1 aromatic carbocycles. The fraction of sp³-hybridized carbons (Fsp3) is 0.286. The zero-order valence-corrected chi connectivity index (χ0v) is 11.3. The van der Waals surface area contributed by atoms with E-state index in [9.17, 15) is 0 Å². The van der Waals surface area contributed by atoms with Gasteiger partial charge in [-0.15, -0.1) is 0 Å². The highest BCUT2D eigenvalue weighted by Crippen LogP contribution is 2.39. The summed E-state index contributed by atoms with van der Waals surface area (Å²) in [5, 5.41) is 0. The van der Waals surface area contributed by atoms with E-state index in [1.165, 1.54) is 21.8 Å². The largest absolute Gasteiger partial charge is 0.0803 e. The van der Waals surface area contributed by atoms with Gasteiger partial charge in [0.05, 0.1) is 0 Å². The molecule has 0 aliphatic heterocycles. The van der Waals surface area contributed by atoms with Crippen LogP contribution >= 0.6 is 21.6 Å². The quantitative estimate of drug-likeness (QED) is 0.673. The second kappa shape index (κ2) is 5.65. The lowest BCUT2D eigenvalue weighted by Crippen LogP contribution is -1.91. The Morgan fingerprint density at radius 2 is 1.88 bits per heavy atom. The van der Waals surface area contributed by atoms with E-state index in [4.69, 9.17) is 0 Å². The van der Waals surface area contributed by atoms with Crippen LogP contribution in [0.1, 0.15) is 18.9 Å². The number of allylic oxidation sites excluding steroid dienone is 3. The van der Waals surface area contributed by atoms with Crippen LogP contribution in [0.25, 0.3) is 0 Å². The Hall–Kier alpha value is -0.600. The second-order valence-corrected chi connectivity index (χ2v) is 6.43. The molecule has 16 heavy (non-hydrogen) atoms. The normalized spacial score (nSPS) is 19.6. The van der Waals surface area contributed by atoms with Crippen LogP contribution in [0.4, 0.5) is 0 Å². The van der Waals surface area contributed by atoms with Crippen LogP contribution in [0.15, 0.2) is 52.3 Å². The highest BCUT2D eigenvalue weighted by Gasteiger charge is 2.04. The molecule has 0 nitrogen and oxygen atoms in total. The first-order valence-electron chi connectivity index (χ1n) is 5.53. The molecule has 0 saturated carbocycles. The summed E-state index contributed by atoms with van der Waals surface area (Å²) in [5.41, 5.74) is 1.32. The van der Waals surface area contributed by atoms with Crippen molar-refractivity contribution in [1.82, 2.24) is 0 Å². The van der Waals surface area contributed by atoms with E-state index in [0.29, 0.717) is 5.92 Å². The second-order valence-electron chi connectivity index (χ2n) is 4.16. The van der Waals surface area contributed by atoms with E-state index >= 15 is 0 Å². The van der Waals surface area contributed by atoms with Gasteiger partial charge in [-0.25, -0.2) is 0 Å². The first-order chi connectivity index (χ1) is 7.74. The summed E-state index contributed by atoms with van der Waals surface area (Å²) in [7, 11) is 3.68. The summed E-state index contributed by atoms with van der Waals surface area (Å²) in [6, 6.07) is 8.69. The average Bonchev–Trinajstić information content (AvgIpc) is 2.30. The predicted octanol–water partition coefficient (Wildman–Crippen LogP) is 5.22. The Morgan fingerprint density at radius 3 is 2.50 bits per heavy atom. The van der Waals surface area contributed by atoms with Crippen molar-refractivity contribution < 1.29 is 0 Å². The summed E-state index contributed by atoms with van der Waals surface area (Å²) in [5.74, 6) is 0.703. The first-order valence-corrected chi connectivity index (χ1v) is 7.68. The van der Waals surface area contributed by atoms with Crippen molar-refractivity contribution in [3.63, 3.8) is 0 Å². The van der Waals surface area contributed by atoms with Gasteiger partial charge in [-0.2, -0.15) is 0 Å². The van der Waals surface area contributed by atoms with Crippen molar-refractivity contribution in [2.75, 3.05) is 0 Å². The highest BCUT2D eigenvalue weighted by molar-refractivity contribution is 8.78. The summed E-state index contributed by atoms with van der Waals surface area (Å²) >= 11 is 0. The first kappa shape index (κ1) is 11.9. The van der Waals surface area contributed by atoms with E-state index in [1.807, 2.05) is 21.6 Å². The molecule has 0 N–H and O–H groups in total. The molecule has 1 aliphatic rings. The van der Waals surface area contributed by atoms with E-state index in [-0.39, 0.29) is 0 Å². The molecule has 2 rings (SSSR count). The molecule has 0 bridgehead atoms. The minimum Gasteiger partial charge on any atom is -0.0803 e. The molecule has 0 aromatic heterocycles. The van der Waals surface area contributed by atoms with Gasteiger partial charge < -0.3 is 0 Å².